The first-order valence-electron chi connectivity index (χ1n) is 5.32. The van der Waals surface area contributed by atoms with Gasteiger partial charge in [0.1, 0.15) is 11.6 Å². The van der Waals surface area contributed by atoms with Crippen LogP contribution in [0.5, 0.6) is 0 Å². The Labute approximate surface area is 99.9 Å². The van der Waals surface area contributed by atoms with Crippen LogP contribution in [0.25, 0.3) is 0 Å². The van der Waals surface area contributed by atoms with Crippen molar-refractivity contribution in [2.75, 3.05) is 16.8 Å². The van der Waals surface area contributed by atoms with Crippen molar-refractivity contribution in [2.24, 2.45) is 0 Å². The fraction of sp³-hybridized carbons (Fsp3) is 0.167. The van der Waals surface area contributed by atoms with Crippen LogP contribution in [0.4, 0.5) is 17.3 Å². The molecule has 0 unspecified atom stereocenters. The first-order valence-corrected chi connectivity index (χ1v) is 5.32. The molecule has 2 heterocycles. The third-order valence-electron chi connectivity index (χ3n) is 2.56. The topological polar surface area (TPSA) is 89.8 Å². The molecule has 0 saturated heterocycles. The maximum atomic E-state index is 5.63. The summed E-state index contributed by atoms with van der Waals surface area (Å²) in [6, 6.07) is 5.51. The van der Waals surface area contributed by atoms with E-state index in [1.165, 1.54) is 5.56 Å². The van der Waals surface area contributed by atoms with E-state index >= 15 is 0 Å². The zero-order valence-electron chi connectivity index (χ0n) is 9.64. The summed E-state index contributed by atoms with van der Waals surface area (Å²) in [6.07, 6.45) is 3.61. The van der Waals surface area contributed by atoms with E-state index in [1.54, 1.807) is 18.3 Å². The van der Waals surface area contributed by atoms with E-state index in [1.807, 2.05) is 19.2 Å². The van der Waals surface area contributed by atoms with Crippen LogP contribution in [0.15, 0.2) is 30.6 Å². The second kappa shape index (κ2) is 4.69. The molecule has 0 bridgehead atoms. The largest absolute Gasteiger partial charge is 0.396 e. The van der Waals surface area contributed by atoms with Crippen LogP contribution in [0.2, 0.25) is 0 Å². The van der Waals surface area contributed by atoms with Gasteiger partial charge in [0.15, 0.2) is 0 Å². The molecular weight excluding hydrogens is 214 g/mol. The predicted octanol–water partition coefficient (Wildman–Crippen LogP) is 1.56. The molecular formula is C12H15N5. The molecule has 17 heavy (non-hydrogen) atoms. The van der Waals surface area contributed by atoms with E-state index in [2.05, 4.69) is 15.3 Å². The Morgan fingerprint density at radius 3 is 2.76 bits per heavy atom. The molecule has 0 aliphatic heterocycles. The summed E-state index contributed by atoms with van der Waals surface area (Å²) in [7, 11) is 0. The molecule has 0 radical (unpaired) electrons. The van der Waals surface area contributed by atoms with Gasteiger partial charge in [-0.15, -0.1) is 0 Å². The van der Waals surface area contributed by atoms with Gasteiger partial charge in [-0.25, -0.2) is 4.98 Å². The zero-order chi connectivity index (χ0) is 12.3. The number of nitrogen functional groups attached to an aromatic ring is 2. The number of hydrogen-bond donors (Lipinski definition) is 3. The molecule has 5 nitrogen and oxygen atoms in total. The molecule has 88 valence electrons. The highest BCUT2D eigenvalue weighted by Crippen LogP contribution is 2.15. The van der Waals surface area contributed by atoms with Crippen LogP contribution in [-0.4, -0.2) is 9.97 Å². The molecule has 5 heteroatoms. The van der Waals surface area contributed by atoms with Crippen LogP contribution in [0.1, 0.15) is 11.1 Å². The number of pyridine rings is 2. The number of rotatable bonds is 3. The van der Waals surface area contributed by atoms with Crippen molar-refractivity contribution in [1.82, 2.24) is 9.97 Å². The maximum absolute atomic E-state index is 5.63. The quantitative estimate of drug-likeness (QED) is 0.743. The Balaban J connectivity index is 2.08. The monoisotopic (exact) mass is 229 g/mol. The zero-order valence-corrected chi connectivity index (χ0v) is 9.64. The summed E-state index contributed by atoms with van der Waals surface area (Å²) in [5, 5.41) is 3.18. The summed E-state index contributed by atoms with van der Waals surface area (Å²) in [5.41, 5.74) is 14.0. The fourth-order valence-corrected chi connectivity index (χ4v) is 1.45. The smallest absolute Gasteiger partial charge is 0.149 e. The first-order chi connectivity index (χ1) is 8.16. The van der Waals surface area contributed by atoms with Gasteiger partial charge >= 0.3 is 0 Å². The number of nitrogens with zero attached hydrogens (tertiary/aromatic N) is 2. The molecule has 2 aromatic rings. The summed E-state index contributed by atoms with van der Waals surface area (Å²) >= 11 is 0. The first kappa shape index (κ1) is 11.2. The number of hydrogen-bond acceptors (Lipinski definition) is 5. The van der Waals surface area contributed by atoms with Crippen LogP contribution < -0.4 is 16.8 Å². The predicted molar refractivity (Wildman–Crippen MR) is 69.4 cm³/mol. The van der Waals surface area contributed by atoms with E-state index in [-0.39, 0.29) is 0 Å². The minimum absolute atomic E-state index is 0.345. The minimum Gasteiger partial charge on any atom is -0.396 e. The van der Waals surface area contributed by atoms with E-state index in [4.69, 9.17) is 11.5 Å². The van der Waals surface area contributed by atoms with Gasteiger partial charge in [0.05, 0.1) is 5.69 Å². The lowest BCUT2D eigenvalue weighted by molar-refractivity contribution is 1.06. The van der Waals surface area contributed by atoms with Crippen LogP contribution in [0, 0.1) is 6.92 Å². The lowest BCUT2D eigenvalue weighted by Crippen LogP contribution is -2.05. The van der Waals surface area contributed by atoms with Crippen LogP contribution in [0.3, 0.4) is 0 Å². The molecule has 0 spiro atoms. The lowest BCUT2D eigenvalue weighted by Gasteiger charge is -2.08. The Morgan fingerprint density at radius 1 is 1.24 bits per heavy atom. The van der Waals surface area contributed by atoms with Gasteiger partial charge in [0.2, 0.25) is 0 Å². The molecule has 0 amide bonds. The van der Waals surface area contributed by atoms with Crippen molar-refractivity contribution in [3.63, 3.8) is 0 Å². The highest BCUT2D eigenvalue weighted by atomic mass is 15.0. The second-order valence-corrected chi connectivity index (χ2v) is 3.83. The van der Waals surface area contributed by atoms with E-state index in [9.17, 15) is 0 Å². The van der Waals surface area contributed by atoms with E-state index in [0.717, 1.165) is 5.56 Å². The lowest BCUT2D eigenvalue weighted by atomic mass is 10.1. The van der Waals surface area contributed by atoms with Gasteiger partial charge in [-0.2, -0.15) is 0 Å². The van der Waals surface area contributed by atoms with Crippen LogP contribution in [-0.2, 0) is 6.54 Å². The van der Waals surface area contributed by atoms with Crippen molar-refractivity contribution >= 4 is 17.3 Å². The number of nitrogens with one attached hydrogen (secondary N) is 1. The van der Waals surface area contributed by atoms with Crippen molar-refractivity contribution in [1.29, 1.82) is 0 Å². The van der Waals surface area contributed by atoms with Gasteiger partial charge in [0.25, 0.3) is 0 Å². The Morgan fingerprint density at radius 2 is 2.06 bits per heavy atom. The standard InChI is InChI=1S/C12H15N5/c1-8-4-5-15-6-9(8)7-16-11-3-2-10(13)12(14)17-11/h2-6H,7,13H2,1H3,(H3,14,16,17). The Hall–Kier alpha value is -2.30. The molecule has 5 N–H and O–H groups in total. The normalized spacial score (nSPS) is 10.2. The molecule has 0 fully saturated rings. The van der Waals surface area contributed by atoms with Crippen molar-refractivity contribution < 1.29 is 0 Å². The van der Waals surface area contributed by atoms with E-state index < -0.39 is 0 Å². The third kappa shape index (κ3) is 2.63. The summed E-state index contributed by atoms with van der Waals surface area (Å²) < 4.78 is 0. The molecule has 2 aromatic heterocycles. The molecule has 0 aliphatic rings. The number of aryl methyl sites for hydroxylation is 1. The molecule has 0 saturated carbocycles. The highest BCUT2D eigenvalue weighted by Gasteiger charge is 2.01. The van der Waals surface area contributed by atoms with Gasteiger partial charge in [0, 0.05) is 18.9 Å². The average molecular weight is 229 g/mol. The molecule has 0 atom stereocenters. The summed E-state index contributed by atoms with van der Waals surface area (Å²) in [4.78, 5) is 8.22. The van der Waals surface area contributed by atoms with E-state index in [0.29, 0.717) is 23.9 Å². The third-order valence-corrected chi connectivity index (χ3v) is 2.56. The average Bonchev–Trinajstić information content (AvgIpc) is 2.32. The Bertz CT molecular complexity index is 524. The highest BCUT2D eigenvalue weighted by molar-refractivity contribution is 5.61. The number of nitrogens with two attached hydrogens (primary N) is 2. The molecule has 0 aliphatic carbocycles. The molecule has 2 rings (SSSR count). The van der Waals surface area contributed by atoms with Crippen molar-refractivity contribution in [3.8, 4) is 0 Å². The number of anilines is 3. The molecule has 0 aromatic carbocycles. The number of aromatic nitrogens is 2. The SMILES string of the molecule is Cc1ccncc1CNc1ccc(N)c(N)n1. The van der Waals surface area contributed by atoms with Crippen molar-refractivity contribution in [2.45, 2.75) is 13.5 Å². The maximum Gasteiger partial charge on any atom is 0.149 e. The van der Waals surface area contributed by atoms with Gasteiger partial charge in [-0.05, 0) is 36.2 Å². The Kier molecular flexibility index (Phi) is 3.09. The fourth-order valence-electron chi connectivity index (χ4n) is 1.45. The van der Waals surface area contributed by atoms with Crippen LogP contribution >= 0.6 is 0 Å². The second-order valence-electron chi connectivity index (χ2n) is 3.83. The summed E-state index contributed by atoms with van der Waals surface area (Å²) in [5.74, 6) is 1.05. The van der Waals surface area contributed by atoms with Gasteiger partial charge < -0.3 is 16.8 Å². The van der Waals surface area contributed by atoms with Crippen molar-refractivity contribution in [3.05, 3.63) is 41.7 Å². The minimum atomic E-state index is 0.345. The van der Waals surface area contributed by atoms with Gasteiger partial charge in [-0.1, -0.05) is 0 Å². The summed E-state index contributed by atoms with van der Waals surface area (Å²) in [6.45, 7) is 2.71. The van der Waals surface area contributed by atoms with Gasteiger partial charge in [-0.3, -0.25) is 4.98 Å².